The predicted octanol–water partition coefficient (Wildman–Crippen LogP) is 3.65. The highest BCUT2D eigenvalue weighted by Gasteiger charge is 2.23. The third-order valence-electron chi connectivity index (χ3n) is 6.55. The predicted molar refractivity (Wildman–Crippen MR) is 128 cm³/mol. The highest BCUT2D eigenvalue weighted by molar-refractivity contribution is 5.94. The van der Waals surface area contributed by atoms with Crippen LogP contribution in [0.3, 0.4) is 0 Å². The van der Waals surface area contributed by atoms with Crippen molar-refractivity contribution >= 4 is 11.8 Å². The fourth-order valence-corrected chi connectivity index (χ4v) is 4.60. The Hall–Kier alpha value is -3.58. The van der Waals surface area contributed by atoms with Gasteiger partial charge in [0.05, 0.1) is 12.8 Å². The second-order valence-corrected chi connectivity index (χ2v) is 8.85. The lowest BCUT2D eigenvalue weighted by Gasteiger charge is -2.34. The molecule has 176 valence electrons. The quantitative estimate of drug-likeness (QED) is 0.596. The Morgan fingerprint density at radius 1 is 0.912 bits per heavy atom. The van der Waals surface area contributed by atoms with Gasteiger partial charge < -0.3 is 19.0 Å². The summed E-state index contributed by atoms with van der Waals surface area (Å²) in [6, 6.07) is 17.6. The maximum Gasteiger partial charge on any atom is 0.254 e. The van der Waals surface area contributed by atoms with Gasteiger partial charge in [0, 0.05) is 62.9 Å². The first-order chi connectivity index (χ1) is 16.6. The summed E-state index contributed by atoms with van der Waals surface area (Å²) in [5.74, 6) is 1.76. The van der Waals surface area contributed by atoms with Crippen molar-refractivity contribution in [2.24, 2.45) is 0 Å². The molecule has 1 aromatic heterocycles. The lowest BCUT2D eigenvalue weighted by Crippen LogP contribution is -2.47. The maximum absolute atomic E-state index is 13.3. The second-order valence-electron chi connectivity index (χ2n) is 8.85. The molecule has 0 atom stereocenters. The van der Waals surface area contributed by atoms with Gasteiger partial charge in [0.25, 0.3) is 5.91 Å². The van der Waals surface area contributed by atoms with Crippen LogP contribution in [0.4, 0.5) is 0 Å². The molecule has 0 unspecified atom stereocenters. The molecule has 7 heteroatoms. The molecule has 2 amide bonds. The smallest absolute Gasteiger partial charge is 0.254 e. The van der Waals surface area contributed by atoms with Gasteiger partial charge in [-0.3, -0.25) is 14.5 Å². The molecule has 1 fully saturated rings. The van der Waals surface area contributed by atoms with Gasteiger partial charge >= 0.3 is 0 Å². The molecule has 7 nitrogen and oxygen atoms in total. The number of hydrogen-bond donors (Lipinski definition) is 0. The van der Waals surface area contributed by atoms with Gasteiger partial charge in [-0.15, -0.1) is 0 Å². The van der Waals surface area contributed by atoms with Crippen LogP contribution in [0.2, 0.25) is 0 Å². The first-order valence-corrected chi connectivity index (χ1v) is 11.7. The third-order valence-corrected chi connectivity index (χ3v) is 6.55. The summed E-state index contributed by atoms with van der Waals surface area (Å²) in [6.07, 6.45) is 1.64. The zero-order chi connectivity index (χ0) is 23.5. The minimum absolute atomic E-state index is 0.00629. The van der Waals surface area contributed by atoms with Crippen LogP contribution in [0.5, 0.6) is 5.75 Å². The van der Waals surface area contributed by atoms with Crippen LogP contribution < -0.4 is 4.74 Å². The SMILES string of the molecule is CC(=O)N1CCN(Cc2ccc3c(c2)CN(C(=O)c2ccc(-c4ccco4)cc2)CCO3)CC1. The van der Waals surface area contributed by atoms with Gasteiger partial charge in [0.2, 0.25) is 5.91 Å². The maximum atomic E-state index is 13.3. The first-order valence-electron chi connectivity index (χ1n) is 11.7. The van der Waals surface area contributed by atoms with Crippen molar-refractivity contribution in [3.05, 3.63) is 77.6 Å². The number of carbonyl (C=O) groups excluding carboxylic acids is 2. The summed E-state index contributed by atoms with van der Waals surface area (Å²) in [4.78, 5) is 30.9. The average Bonchev–Trinajstić information content (AvgIpc) is 3.31. The molecule has 2 aromatic carbocycles. The van der Waals surface area contributed by atoms with Crippen LogP contribution in [-0.4, -0.2) is 65.8 Å². The second kappa shape index (κ2) is 9.73. The van der Waals surface area contributed by atoms with Crippen molar-refractivity contribution < 1.29 is 18.7 Å². The Morgan fingerprint density at radius 3 is 2.41 bits per heavy atom. The average molecular weight is 460 g/mol. The number of amides is 2. The molecule has 0 aliphatic carbocycles. The van der Waals surface area contributed by atoms with Crippen molar-refractivity contribution in [2.45, 2.75) is 20.0 Å². The van der Waals surface area contributed by atoms with Crippen molar-refractivity contribution in [1.82, 2.24) is 14.7 Å². The summed E-state index contributed by atoms with van der Waals surface area (Å²) in [5.41, 5.74) is 3.81. The Balaban J connectivity index is 1.26. The number of fused-ring (bicyclic) bond motifs is 1. The standard InChI is InChI=1S/C27H29N3O4/c1-20(31)29-12-10-28(11-13-29)18-21-4-9-26-24(17-21)19-30(14-16-34-26)27(32)23-7-5-22(6-8-23)25-3-2-15-33-25/h2-9,15,17H,10-14,16,18-19H2,1H3. The number of piperazine rings is 1. The van der Waals surface area contributed by atoms with E-state index in [1.807, 2.05) is 52.3 Å². The first kappa shape index (κ1) is 22.2. The number of benzene rings is 2. The van der Waals surface area contributed by atoms with E-state index in [-0.39, 0.29) is 11.8 Å². The van der Waals surface area contributed by atoms with E-state index in [4.69, 9.17) is 9.15 Å². The van der Waals surface area contributed by atoms with E-state index in [2.05, 4.69) is 17.0 Å². The molecule has 0 saturated carbocycles. The Kier molecular flexibility index (Phi) is 6.36. The molecule has 0 bridgehead atoms. The summed E-state index contributed by atoms with van der Waals surface area (Å²) in [6.45, 7) is 7.24. The van der Waals surface area contributed by atoms with Gasteiger partial charge in [-0.25, -0.2) is 0 Å². The fraction of sp³-hybridized carbons (Fsp3) is 0.333. The molecule has 2 aliphatic heterocycles. The van der Waals surface area contributed by atoms with Crippen molar-refractivity contribution in [3.63, 3.8) is 0 Å². The topological polar surface area (TPSA) is 66.2 Å². The molecule has 0 radical (unpaired) electrons. The minimum Gasteiger partial charge on any atom is -0.491 e. The van der Waals surface area contributed by atoms with E-state index in [1.165, 1.54) is 5.56 Å². The number of furan rings is 1. The monoisotopic (exact) mass is 459 g/mol. The fourth-order valence-electron chi connectivity index (χ4n) is 4.60. The van der Waals surface area contributed by atoms with Crippen molar-refractivity contribution in [1.29, 1.82) is 0 Å². The lowest BCUT2D eigenvalue weighted by molar-refractivity contribution is -0.130. The highest BCUT2D eigenvalue weighted by Crippen LogP contribution is 2.27. The number of carbonyl (C=O) groups is 2. The van der Waals surface area contributed by atoms with Crippen LogP contribution in [0, 0.1) is 0 Å². The van der Waals surface area contributed by atoms with E-state index in [0.717, 1.165) is 55.4 Å². The van der Waals surface area contributed by atoms with Gasteiger partial charge in [0.15, 0.2) is 0 Å². The Labute approximate surface area is 199 Å². The van der Waals surface area contributed by atoms with E-state index in [9.17, 15) is 9.59 Å². The number of nitrogens with zero attached hydrogens (tertiary/aromatic N) is 3. The largest absolute Gasteiger partial charge is 0.491 e. The molecule has 3 heterocycles. The van der Waals surface area contributed by atoms with Crippen LogP contribution in [-0.2, 0) is 17.9 Å². The van der Waals surface area contributed by atoms with Crippen molar-refractivity contribution in [3.8, 4) is 17.1 Å². The van der Waals surface area contributed by atoms with E-state index in [0.29, 0.717) is 25.3 Å². The zero-order valence-corrected chi connectivity index (χ0v) is 19.4. The molecule has 0 spiro atoms. The van der Waals surface area contributed by atoms with Crippen LogP contribution in [0.15, 0.2) is 65.3 Å². The van der Waals surface area contributed by atoms with Gasteiger partial charge in [-0.1, -0.05) is 18.2 Å². The minimum atomic E-state index is -0.00629. The molecular formula is C27H29N3O4. The lowest BCUT2D eigenvalue weighted by atomic mass is 10.1. The number of hydrogen-bond acceptors (Lipinski definition) is 5. The molecule has 5 rings (SSSR count). The summed E-state index contributed by atoms with van der Waals surface area (Å²) >= 11 is 0. The molecule has 34 heavy (non-hydrogen) atoms. The third kappa shape index (κ3) is 4.84. The molecule has 0 N–H and O–H groups in total. The van der Waals surface area contributed by atoms with Gasteiger partial charge in [-0.05, 0) is 42.0 Å². The van der Waals surface area contributed by atoms with Crippen molar-refractivity contribution in [2.75, 3.05) is 39.3 Å². The van der Waals surface area contributed by atoms with Crippen LogP contribution in [0.1, 0.15) is 28.4 Å². The van der Waals surface area contributed by atoms with Crippen LogP contribution in [0.25, 0.3) is 11.3 Å². The van der Waals surface area contributed by atoms with Gasteiger partial charge in [0.1, 0.15) is 18.1 Å². The molecule has 3 aromatic rings. The van der Waals surface area contributed by atoms with Crippen LogP contribution >= 0.6 is 0 Å². The van der Waals surface area contributed by atoms with E-state index in [1.54, 1.807) is 13.2 Å². The Bertz CT molecular complexity index is 1150. The molecule has 1 saturated heterocycles. The molecule has 2 aliphatic rings. The van der Waals surface area contributed by atoms with E-state index < -0.39 is 0 Å². The summed E-state index contributed by atoms with van der Waals surface area (Å²) < 4.78 is 11.4. The molecular weight excluding hydrogens is 430 g/mol. The number of ether oxygens (including phenoxy) is 1. The normalized spacial score (nSPS) is 16.5. The van der Waals surface area contributed by atoms with E-state index >= 15 is 0 Å². The van der Waals surface area contributed by atoms with Gasteiger partial charge in [-0.2, -0.15) is 0 Å². The summed E-state index contributed by atoms with van der Waals surface area (Å²) in [5, 5.41) is 0. The number of rotatable bonds is 4. The summed E-state index contributed by atoms with van der Waals surface area (Å²) in [7, 11) is 0. The Morgan fingerprint density at radius 2 is 1.71 bits per heavy atom. The zero-order valence-electron chi connectivity index (χ0n) is 19.4. The highest BCUT2D eigenvalue weighted by atomic mass is 16.5.